The van der Waals surface area contributed by atoms with Crippen molar-refractivity contribution in [2.75, 3.05) is 5.32 Å². The van der Waals surface area contributed by atoms with Gasteiger partial charge in [0.2, 0.25) is 0 Å². The smallest absolute Gasteiger partial charge is 0.298 e. The Hall–Kier alpha value is -2.60. The van der Waals surface area contributed by atoms with Gasteiger partial charge in [-0.2, -0.15) is 8.78 Å². The molecule has 2 atom stereocenters. The van der Waals surface area contributed by atoms with Gasteiger partial charge in [0, 0.05) is 34.9 Å². The number of nitrogens with zero attached hydrogens (tertiary/aromatic N) is 1. The largest absolute Gasteiger partial charge is 0.480 e. The van der Waals surface area contributed by atoms with Gasteiger partial charge in [-0.05, 0) is 75.3 Å². The van der Waals surface area contributed by atoms with Crippen molar-refractivity contribution in [3.05, 3.63) is 93.7 Å². The first-order valence-electron chi connectivity index (χ1n) is 13.1. The lowest BCUT2D eigenvalue weighted by atomic mass is 9.77. The fourth-order valence-electron chi connectivity index (χ4n) is 4.94. The molecule has 0 radical (unpaired) electrons. The molecule has 4 nitrogen and oxygen atoms in total. The van der Waals surface area contributed by atoms with Crippen LogP contribution >= 0.6 is 20.8 Å². The highest BCUT2D eigenvalue weighted by molar-refractivity contribution is 7.27. The molecule has 0 spiro atoms. The summed E-state index contributed by atoms with van der Waals surface area (Å²) in [5, 5.41) is 14.0. The second-order valence-electron chi connectivity index (χ2n) is 10.4. The number of alkyl halides is 2. The maximum Gasteiger partial charge on any atom is 0.298 e. The van der Waals surface area contributed by atoms with Crippen LogP contribution in [0.25, 0.3) is 0 Å². The number of halogens is 4. The molecule has 0 aliphatic heterocycles. The summed E-state index contributed by atoms with van der Waals surface area (Å²) in [6.45, 7) is 1.09. The molecule has 3 aromatic rings. The maximum atomic E-state index is 14.7. The number of rotatable bonds is 9. The molecule has 0 saturated heterocycles. The summed E-state index contributed by atoms with van der Waals surface area (Å²) >= 11 is 5.90. The van der Waals surface area contributed by atoms with Crippen LogP contribution < -0.4 is 15.4 Å². The zero-order chi connectivity index (χ0) is 27.8. The molecule has 2 unspecified atom stereocenters. The quantitative estimate of drug-likeness (QED) is 0.262. The molecule has 9 heteroatoms. The average Bonchev–Trinajstić information content (AvgIpc) is 2.82. The number of hydrogen-bond acceptors (Lipinski definition) is 4. The van der Waals surface area contributed by atoms with Crippen LogP contribution in [0.2, 0.25) is 5.02 Å². The average molecular weight is 575 g/mol. The predicted octanol–water partition coefficient (Wildman–Crippen LogP) is 7.40. The zero-order valence-corrected chi connectivity index (χ0v) is 23.5. The standard InChI is InChI=1S/C30H31ClF3N2O2P/c1-18(37)30(33,34)21-8-6-19(7-9-21)14-25(20-4-2-5-20)36-23-10-11-26(27(39)16-23)38-29(12-3-13-29)28-24(32)15-22(31)17-35-28/h6-11,15-18,36-37H,2-5,12-14,39H2,1H3. The predicted molar refractivity (Wildman–Crippen MR) is 151 cm³/mol. The van der Waals surface area contributed by atoms with E-state index in [1.54, 1.807) is 12.1 Å². The summed E-state index contributed by atoms with van der Waals surface area (Å²) < 4.78 is 49.4. The summed E-state index contributed by atoms with van der Waals surface area (Å²) in [6.07, 6.45) is 5.64. The van der Waals surface area contributed by atoms with Gasteiger partial charge in [0.15, 0.2) is 5.60 Å². The Morgan fingerprint density at radius 1 is 1.15 bits per heavy atom. The van der Waals surface area contributed by atoms with Crippen molar-refractivity contribution in [3.63, 3.8) is 0 Å². The third-order valence-corrected chi connectivity index (χ3v) is 8.30. The van der Waals surface area contributed by atoms with E-state index in [1.807, 2.05) is 18.2 Å². The second kappa shape index (κ2) is 11.1. The van der Waals surface area contributed by atoms with Crippen molar-refractivity contribution in [2.45, 2.75) is 69.5 Å². The lowest BCUT2D eigenvalue weighted by Gasteiger charge is -2.41. The summed E-state index contributed by atoms with van der Waals surface area (Å²) in [5.74, 6) is -3.13. The molecular weight excluding hydrogens is 544 g/mol. The van der Waals surface area contributed by atoms with Crippen molar-refractivity contribution < 1.29 is 23.0 Å². The fourth-order valence-corrected chi connectivity index (χ4v) is 5.42. The van der Waals surface area contributed by atoms with E-state index < -0.39 is 23.4 Å². The topological polar surface area (TPSA) is 54.4 Å². The van der Waals surface area contributed by atoms with Gasteiger partial charge in [0.1, 0.15) is 23.4 Å². The van der Waals surface area contributed by atoms with Gasteiger partial charge >= 0.3 is 0 Å². The van der Waals surface area contributed by atoms with Gasteiger partial charge in [-0.25, -0.2) is 4.39 Å². The van der Waals surface area contributed by atoms with Gasteiger partial charge < -0.3 is 15.2 Å². The van der Waals surface area contributed by atoms with E-state index in [0.717, 1.165) is 54.9 Å². The number of aliphatic hydroxyl groups is 1. The Morgan fingerprint density at radius 3 is 2.41 bits per heavy atom. The van der Waals surface area contributed by atoms with Gasteiger partial charge in [0.25, 0.3) is 5.92 Å². The molecule has 2 aromatic carbocycles. The van der Waals surface area contributed by atoms with Crippen molar-refractivity contribution in [3.8, 4) is 5.75 Å². The number of ether oxygens (including phenoxy) is 1. The lowest BCUT2D eigenvalue weighted by molar-refractivity contribution is -0.106. The second-order valence-corrected chi connectivity index (χ2v) is 11.5. The maximum absolute atomic E-state index is 14.7. The molecule has 2 saturated carbocycles. The first kappa shape index (κ1) is 27.9. The molecule has 5 rings (SSSR count). The van der Waals surface area contributed by atoms with Crippen molar-refractivity contribution >= 4 is 31.8 Å². The minimum Gasteiger partial charge on any atom is -0.480 e. The van der Waals surface area contributed by atoms with Crippen molar-refractivity contribution in [1.82, 2.24) is 4.98 Å². The summed E-state index contributed by atoms with van der Waals surface area (Å²) in [5.41, 5.74) is 3.40. The van der Waals surface area contributed by atoms with Crippen molar-refractivity contribution in [2.24, 2.45) is 0 Å². The molecule has 2 aliphatic carbocycles. The van der Waals surface area contributed by atoms with Crippen LogP contribution in [-0.4, -0.2) is 16.2 Å². The molecule has 2 N–H and O–H groups in total. The summed E-state index contributed by atoms with van der Waals surface area (Å²) in [6, 6.07) is 13.2. The molecule has 0 amide bonds. The fraction of sp³-hybridized carbons (Fsp3) is 0.367. The Balaban J connectivity index is 1.32. The summed E-state index contributed by atoms with van der Waals surface area (Å²) in [7, 11) is 2.69. The SMILES string of the molecule is CC(O)C(F)(F)c1ccc(CC(Nc2ccc(OC3(c4ncc(Cl)cc4F)CCC3)c(P)c2)=C2CCC2)cc1. The van der Waals surface area contributed by atoms with E-state index in [1.165, 1.54) is 30.0 Å². The van der Waals surface area contributed by atoms with Crippen LogP contribution in [0.4, 0.5) is 18.9 Å². The van der Waals surface area contributed by atoms with E-state index in [0.29, 0.717) is 25.0 Å². The van der Waals surface area contributed by atoms with E-state index >= 15 is 0 Å². The molecule has 1 aromatic heterocycles. The van der Waals surface area contributed by atoms with Gasteiger partial charge in [-0.3, -0.25) is 4.98 Å². The van der Waals surface area contributed by atoms with E-state index in [-0.39, 0.29) is 16.3 Å². The molecule has 2 fully saturated rings. The normalized spacial score (nSPS) is 17.2. The van der Waals surface area contributed by atoms with E-state index in [4.69, 9.17) is 16.3 Å². The van der Waals surface area contributed by atoms with Crippen LogP contribution in [0.5, 0.6) is 5.75 Å². The molecule has 0 bridgehead atoms. The number of benzene rings is 2. The lowest BCUT2D eigenvalue weighted by Crippen LogP contribution is -2.42. The summed E-state index contributed by atoms with van der Waals surface area (Å²) in [4.78, 5) is 4.25. The molecule has 206 valence electrons. The van der Waals surface area contributed by atoms with Gasteiger partial charge in [-0.1, -0.05) is 41.4 Å². The first-order chi connectivity index (χ1) is 18.6. The number of nitrogens with one attached hydrogen (secondary N) is 1. The van der Waals surface area contributed by atoms with Crippen LogP contribution in [-0.2, 0) is 17.9 Å². The Bertz CT molecular complexity index is 1390. The Labute approximate surface area is 233 Å². The highest BCUT2D eigenvalue weighted by Gasteiger charge is 2.45. The number of aliphatic hydroxyl groups excluding tert-OH is 1. The van der Waals surface area contributed by atoms with Crippen LogP contribution in [0.3, 0.4) is 0 Å². The van der Waals surface area contributed by atoms with Crippen molar-refractivity contribution in [1.29, 1.82) is 0 Å². The van der Waals surface area contributed by atoms with E-state index in [2.05, 4.69) is 19.5 Å². The Morgan fingerprint density at radius 2 is 1.87 bits per heavy atom. The molecular formula is C30H31ClF3N2O2P. The number of anilines is 1. The van der Waals surface area contributed by atoms with Crippen LogP contribution in [0, 0.1) is 5.82 Å². The molecule has 1 heterocycles. The number of allylic oxidation sites excluding steroid dienone is 2. The number of hydrogen-bond donors (Lipinski definition) is 2. The van der Waals surface area contributed by atoms with E-state index in [9.17, 15) is 18.3 Å². The zero-order valence-electron chi connectivity index (χ0n) is 21.6. The minimum atomic E-state index is -3.29. The van der Waals surface area contributed by atoms with Gasteiger partial charge in [-0.15, -0.1) is 9.24 Å². The third-order valence-electron chi connectivity index (χ3n) is 7.64. The van der Waals surface area contributed by atoms with Gasteiger partial charge in [0.05, 0.1) is 5.02 Å². The highest BCUT2D eigenvalue weighted by Crippen LogP contribution is 2.45. The molecule has 39 heavy (non-hydrogen) atoms. The third kappa shape index (κ3) is 5.82. The Kier molecular flexibility index (Phi) is 7.96. The minimum absolute atomic E-state index is 0.201. The van der Waals surface area contributed by atoms with Crippen LogP contribution in [0.1, 0.15) is 62.3 Å². The highest BCUT2D eigenvalue weighted by atomic mass is 35.5. The number of aromatic nitrogens is 1. The van der Waals surface area contributed by atoms with Crippen LogP contribution in [0.15, 0.2) is 66.0 Å². The first-order valence-corrected chi connectivity index (χ1v) is 14.1. The number of pyridine rings is 1. The monoisotopic (exact) mass is 574 g/mol. The molecule has 2 aliphatic rings.